The lowest BCUT2D eigenvalue weighted by Crippen LogP contribution is -2.50. The maximum atomic E-state index is 15.3. The van der Waals surface area contributed by atoms with E-state index < -0.39 is 132 Å². The number of thiol groups is 1. The van der Waals surface area contributed by atoms with Gasteiger partial charge in [0, 0.05) is 124 Å². The number of unbranched alkanes of at least 4 members (excludes halogenated alkanes) is 1. The molecule has 2 saturated heterocycles. The van der Waals surface area contributed by atoms with Gasteiger partial charge in [0.2, 0.25) is 41.4 Å². The average molecular weight is 1710 g/mol. The number of imidazole rings is 1. The number of primary amides is 1. The zero-order valence-electron chi connectivity index (χ0n) is 68.2. The van der Waals surface area contributed by atoms with Crippen molar-refractivity contribution in [3.05, 3.63) is 84.1 Å². The molecular weight excluding hydrogens is 1590 g/mol. The third-order valence-corrected chi connectivity index (χ3v) is 19.7. The van der Waals surface area contributed by atoms with E-state index in [2.05, 4.69) is 59.2 Å². The molecule has 0 radical (unpaired) electrons. The Labute approximate surface area is 701 Å². The quantitative estimate of drug-likeness (QED) is 0.00987. The molecular formula is C80H119N13O26S. The molecule has 0 bridgehead atoms. The molecule has 4 aromatic rings. The summed E-state index contributed by atoms with van der Waals surface area (Å²) in [5, 5.41) is 36.1. The van der Waals surface area contributed by atoms with Crippen LogP contribution in [0.2, 0.25) is 0 Å². The predicted octanol–water partition coefficient (Wildman–Crippen LogP) is 1.91. The second kappa shape index (κ2) is 57.1. The number of ether oxygens (including phenoxy) is 12. The molecule has 2 aromatic carbocycles. The molecule has 15 N–H and O–H groups in total. The van der Waals surface area contributed by atoms with E-state index >= 15 is 9.59 Å². The van der Waals surface area contributed by atoms with Crippen molar-refractivity contribution in [1.29, 1.82) is 0 Å². The van der Waals surface area contributed by atoms with Crippen molar-refractivity contribution < 1.29 is 125 Å². The molecule has 7 amide bonds. The molecule has 0 saturated carbocycles. The van der Waals surface area contributed by atoms with Crippen LogP contribution in [-0.2, 0) is 134 Å². The molecule has 1 unspecified atom stereocenters. The summed E-state index contributed by atoms with van der Waals surface area (Å²) in [6.07, 6.45) is 3.89. The number of carbonyl (C=O) groups excluding carboxylic acids is 12. The highest BCUT2D eigenvalue weighted by Gasteiger charge is 2.40. The van der Waals surface area contributed by atoms with Crippen LogP contribution in [0.4, 0.5) is 0 Å². The average Bonchev–Trinajstić information content (AvgIpc) is 1.65. The summed E-state index contributed by atoms with van der Waals surface area (Å²) in [6, 6.07) is 7.25. The molecule has 4 heterocycles. The maximum Gasteiger partial charge on any atom is 0.226 e. The molecule has 40 heteroatoms. The third-order valence-electron chi connectivity index (χ3n) is 19.5. The molecule has 0 aliphatic carbocycles. The first kappa shape index (κ1) is 99.5. The van der Waals surface area contributed by atoms with Gasteiger partial charge in [0.25, 0.3) is 0 Å². The number of phenols is 1. The van der Waals surface area contributed by atoms with Crippen LogP contribution in [0.25, 0.3) is 10.9 Å². The Morgan fingerprint density at radius 2 is 1.17 bits per heavy atom. The number of guanidine groups is 1. The standard InChI is InChI=1S/C80H119N13O26S/c1-52(2)29-64(71(99)34-55(10-7-24-86-80(82)83)79(107)93-25-8-13-67(93)68(96)19-20-73(81)101)90-76(104)54(9-5-6-23-85-74(102)22-26-108-41-110-43-112-45-114-47-116-49-118-51-119-50-117-48-115-46-113-44-111-42-109-27-28-120)33-70(98)65(30-53-14-16-60(95)17-15-53)91-78(106)58(39-94)36-72(100)66(32-57-37-87-62-12-4-3-11-61(57)62)92-77(105)56(31-59-38-84-40-88-59)35-69(97)63-18-21-75(103)89-63/h3-4,11-12,14-17,37-38,40,52,54-56,58,63-67,87,94-95,120H,5-10,13,18-36,39,41-51H2,1-2H3,(H2,81,101)(H,84,88)(H,85,102)(H,89,103)(H,90,104)(H,91,106)(H,92,105)(H4,82,83,86)/t54?,55-,56-,58+,63+,64+,65+,66+,67-/m1/s1. The number of para-hydroxylation sites is 1. The number of hydrogen-bond acceptors (Lipinski definition) is 29. The fourth-order valence-electron chi connectivity index (χ4n) is 13.4. The van der Waals surface area contributed by atoms with Gasteiger partial charge in [-0.25, -0.2) is 4.98 Å². The van der Waals surface area contributed by atoms with Crippen molar-refractivity contribution >= 4 is 99.8 Å². The van der Waals surface area contributed by atoms with Crippen molar-refractivity contribution in [2.45, 2.75) is 172 Å². The number of aliphatic hydroxyl groups excluding tert-OH is 1. The summed E-state index contributed by atoms with van der Waals surface area (Å²) in [5.74, 6) is -11.7. The van der Waals surface area contributed by atoms with E-state index in [0.29, 0.717) is 42.0 Å². The lowest BCUT2D eigenvalue weighted by molar-refractivity contribution is -0.234. The fourth-order valence-corrected chi connectivity index (χ4v) is 13.5. The molecule has 6 rings (SSSR count). The van der Waals surface area contributed by atoms with Gasteiger partial charge in [0.1, 0.15) is 19.3 Å². The molecule has 2 fully saturated rings. The fraction of sp³-hybridized carbons (Fsp3) is 0.625. The summed E-state index contributed by atoms with van der Waals surface area (Å²) in [6.45, 7) is 2.31. The first-order chi connectivity index (χ1) is 57.9. The molecule has 9 atom stereocenters. The van der Waals surface area contributed by atoms with Gasteiger partial charge < -0.3 is 126 Å². The van der Waals surface area contributed by atoms with E-state index in [-0.39, 0.29) is 233 Å². The van der Waals surface area contributed by atoms with Crippen LogP contribution in [0, 0.1) is 29.6 Å². The maximum absolute atomic E-state index is 15.3. The van der Waals surface area contributed by atoms with E-state index in [1.165, 1.54) is 41.7 Å². The van der Waals surface area contributed by atoms with Crippen LogP contribution in [-0.4, -0.2) is 256 Å². The molecule has 120 heavy (non-hydrogen) atoms. The van der Waals surface area contributed by atoms with Gasteiger partial charge in [0.05, 0.1) is 74.6 Å². The number of likely N-dealkylation sites (tertiary alicyclic amines) is 1. The number of nitrogens with zero attached hydrogens (tertiary/aromatic N) is 3. The number of aliphatic hydroxyl groups is 1. The van der Waals surface area contributed by atoms with Crippen LogP contribution >= 0.6 is 12.6 Å². The number of carbonyl (C=O) groups is 12. The number of aromatic nitrogens is 3. The second-order valence-electron chi connectivity index (χ2n) is 29.4. The Hall–Kier alpha value is -9.27. The summed E-state index contributed by atoms with van der Waals surface area (Å²) < 4.78 is 62.0. The number of hydrogen-bond donors (Lipinski definition) is 13. The van der Waals surface area contributed by atoms with Crippen LogP contribution in [0.3, 0.4) is 0 Å². The number of aromatic hydroxyl groups is 1. The van der Waals surface area contributed by atoms with Crippen molar-refractivity contribution in [1.82, 2.24) is 46.4 Å². The first-order valence-corrected chi connectivity index (χ1v) is 40.8. The number of nitrogens with two attached hydrogens (primary N) is 3. The van der Waals surface area contributed by atoms with Gasteiger partial charge in [-0.2, -0.15) is 12.6 Å². The minimum absolute atomic E-state index is 0.00899. The number of aliphatic imine (C=N–C) groups is 1. The lowest BCUT2D eigenvalue weighted by Gasteiger charge is -2.29. The minimum Gasteiger partial charge on any atom is -0.508 e. The van der Waals surface area contributed by atoms with Crippen molar-refractivity contribution in [2.75, 3.05) is 120 Å². The van der Waals surface area contributed by atoms with Gasteiger partial charge in [-0.3, -0.25) is 62.5 Å². The topological polar surface area (TPSA) is 554 Å². The second-order valence-corrected chi connectivity index (χ2v) is 29.8. The number of H-pyrrole nitrogens is 2. The zero-order valence-corrected chi connectivity index (χ0v) is 69.1. The zero-order chi connectivity index (χ0) is 86.8. The Kier molecular flexibility index (Phi) is 47.4. The monoisotopic (exact) mass is 1710 g/mol. The number of phenolic OH excluding ortho intramolecular Hbond substituents is 1. The molecule has 2 aromatic heterocycles. The van der Waals surface area contributed by atoms with Gasteiger partial charge in [-0.15, -0.1) is 0 Å². The largest absolute Gasteiger partial charge is 0.508 e. The predicted molar refractivity (Wildman–Crippen MR) is 432 cm³/mol. The molecule has 0 spiro atoms. The molecule has 2 aliphatic rings. The van der Waals surface area contributed by atoms with E-state index in [4.69, 9.17) is 74.0 Å². The number of aromatic amines is 2. The SMILES string of the molecule is CC(C)C[C@H](NC(=O)C(CCCCNC(=O)CCOCOCOCOCOCOCOCOCOCOCOCOCCS)CC(=O)[C@H](Cc1ccc(O)cc1)NC(=O)[C@H](CO)CC(=O)[C@H](Cc1c[nH]c2ccccc12)NC(=O)[C@@H](CC(=O)[C@@H]1CCC(=O)N1)Cc1cnc[nH]1)C(=O)C[C@@H](CCCN=C(N)N)C(=O)N1CCC[C@@H]1C(=O)CCC(N)=O. The highest BCUT2D eigenvalue weighted by Crippen LogP contribution is 2.29. The normalized spacial score (nSPS) is 15.7. The Morgan fingerprint density at radius 1 is 0.608 bits per heavy atom. The van der Waals surface area contributed by atoms with E-state index in [1.54, 1.807) is 12.3 Å². The number of amides is 7. The van der Waals surface area contributed by atoms with Crippen LogP contribution in [0.1, 0.15) is 140 Å². The summed E-state index contributed by atoms with van der Waals surface area (Å²) in [4.78, 5) is 184. The summed E-state index contributed by atoms with van der Waals surface area (Å²) in [5.41, 5.74) is 18.9. The Balaban J connectivity index is 1.12. The van der Waals surface area contributed by atoms with E-state index in [1.807, 2.05) is 32.0 Å². The summed E-state index contributed by atoms with van der Waals surface area (Å²) in [7, 11) is 0. The lowest BCUT2D eigenvalue weighted by atomic mass is 9.87. The van der Waals surface area contributed by atoms with Gasteiger partial charge in [-0.1, -0.05) is 50.6 Å². The minimum atomic E-state index is -1.55. The number of rotatable bonds is 68. The van der Waals surface area contributed by atoms with Crippen LogP contribution < -0.4 is 43.8 Å². The van der Waals surface area contributed by atoms with E-state index in [0.717, 1.165) is 10.9 Å². The van der Waals surface area contributed by atoms with Crippen molar-refractivity contribution in [3.8, 4) is 5.75 Å². The van der Waals surface area contributed by atoms with Crippen LogP contribution in [0.15, 0.2) is 72.2 Å². The molecule has 666 valence electrons. The number of nitrogens with one attached hydrogen (secondary N) is 7. The van der Waals surface area contributed by atoms with Crippen LogP contribution in [0.5, 0.6) is 5.75 Å². The Bertz CT molecular complexity index is 3830. The van der Waals surface area contributed by atoms with E-state index in [9.17, 15) is 58.2 Å². The molecule has 39 nitrogen and oxygen atoms in total. The highest BCUT2D eigenvalue weighted by atomic mass is 32.1. The highest BCUT2D eigenvalue weighted by molar-refractivity contribution is 7.80. The number of fused-ring (bicyclic) bond motifs is 1. The summed E-state index contributed by atoms with van der Waals surface area (Å²) >= 11 is 4.02. The molecule has 2 aliphatic heterocycles. The van der Waals surface area contributed by atoms with Gasteiger partial charge in [0.15, 0.2) is 96.0 Å². The smallest absolute Gasteiger partial charge is 0.226 e. The van der Waals surface area contributed by atoms with Crippen molar-refractivity contribution in [3.63, 3.8) is 0 Å². The number of benzene rings is 2. The van der Waals surface area contributed by atoms with Crippen molar-refractivity contribution in [2.24, 2.45) is 51.8 Å². The number of ketones is 5. The van der Waals surface area contributed by atoms with Gasteiger partial charge in [-0.05, 0) is 93.0 Å². The van der Waals surface area contributed by atoms with Gasteiger partial charge >= 0.3 is 0 Å². The first-order valence-electron chi connectivity index (χ1n) is 40.1. The Morgan fingerprint density at radius 3 is 1.74 bits per heavy atom. The third kappa shape index (κ3) is 38.6. The number of Topliss-reactive ketones (excluding diaryl/α,β-unsaturated/α-hetero) is 5.